The van der Waals surface area contributed by atoms with Gasteiger partial charge in [-0.3, -0.25) is 0 Å². The van der Waals surface area contributed by atoms with Crippen LogP contribution in [0.3, 0.4) is 0 Å². The average Bonchev–Trinajstić information content (AvgIpc) is 2.13. The molecule has 68 valence electrons. The highest BCUT2D eigenvalue weighted by Gasteiger charge is 1.98. The van der Waals surface area contributed by atoms with Crippen molar-refractivity contribution in [2.24, 2.45) is 0 Å². The molecule has 0 bridgehead atoms. The minimum Gasteiger partial charge on any atom is -0.506 e. The molecule has 0 aliphatic rings. The standard InChI is InChI=1S/C11H11BrO/c1-9-5-4-7-10(11(9)13)6-2-3-8-12/h4-5,7,13H,3,8H2,1H3. The predicted molar refractivity (Wildman–Crippen MR) is 58.1 cm³/mol. The summed E-state index contributed by atoms with van der Waals surface area (Å²) in [4.78, 5) is 0. The second-order valence-corrected chi connectivity index (χ2v) is 3.50. The highest BCUT2D eigenvalue weighted by Crippen LogP contribution is 2.19. The number of aromatic hydroxyl groups is 1. The van der Waals surface area contributed by atoms with Gasteiger partial charge in [0.05, 0.1) is 5.56 Å². The number of phenolic OH excluding ortho intramolecular Hbond substituents is 1. The summed E-state index contributed by atoms with van der Waals surface area (Å²) in [6.07, 6.45) is 0.799. The molecule has 1 rings (SSSR count). The van der Waals surface area contributed by atoms with E-state index in [0.29, 0.717) is 11.3 Å². The van der Waals surface area contributed by atoms with Gasteiger partial charge in [0.15, 0.2) is 0 Å². The fraction of sp³-hybridized carbons (Fsp3) is 0.273. The summed E-state index contributed by atoms with van der Waals surface area (Å²) < 4.78 is 0. The Morgan fingerprint density at radius 3 is 2.92 bits per heavy atom. The van der Waals surface area contributed by atoms with Gasteiger partial charge >= 0.3 is 0 Å². The van der Waals surface area contributed by atoms with Crippen LogP contribution in [0.1, 0.15) is 17.5 Å². The number of hydrogen-bond acceptors (Lipinski definition) is 1. The van der Waals surface area contributed by atoms with Crippen LogP contribution in [0.15, 0.2) is 18.2 Å². The lowest BCUT2D eigenvalue weighted by molar-refractivity contribution is 0.469. The van der Waals surface area contributed by atoms with Crippen LogP contribution in [-0.2, 0) is 0 Å². The molecule has 0 radical (unpaired) electrons. The summed E-state index contributed by atoms with van der Waals surface area (Å²) in [6.45, 7) is 1.87. The third-order valence-electron chi connectivity index (χ3n) is 1.68. The van der Waals surface area contributed by atoms with Gasteiger partial charge in [-0.1, -0.05) is 39.9 Å². The second-order valence-electron chi connectivity index (χ2n) is 2.71. The predicted octanol–water partition coefficient (Wildman–Crippen LogP) is 2.84. The van der Waals surface area contributed by atoms with E-state index < -0.39 is 0 Å². The smallest absolute Gasteiger partial charge is 0.134 e. The van der Waals surface area contributed by atoms with E-state index in [4.69, 9.17) is 0 Å². The Balaban J connectivity index is 2.91. The van der Waals surface area contributed by atoms with Gasteiger partial charge in [0.1, 0.15) is 5.75 Å². The number of aryl methyl sites for hydroxylation is 1. The number of halogens is 1. The van der Waals surface area contributed by atoms with Gasteiger partial charge in [0.25, 0.3) is 0 Å². The van der Waals surface area contributed by atoms with E-state index in [1.807, 2.05) is 25.1 Å². The van der Waals surface area contributed by atoms with Crippen LogP contribution in [0.2, 0.25) is 0 Å². The van der Waals surface area contributed by atoms with Gasteiger partial charge in [0, 0.05) is 11.8 Å². The van der Waals surface area contributed by atoms with E-state index in [2.05, 4.69) is 27.8 Å². The molecule has 0 atom stereocenters. The normalized spacial score (nSPS) is 9.08. The largest absolute Gasteiger partial charge is 0.506 e. The first-order valence-corrected chi connectivity index (χ1v) is 5.21. The van der Waals surface area contributed by atoms with E-state index in [1.54, 1.807) is 0 Å². The van der Waals surface area contributed by atoms with Crippen molar-refractivity contribution in [2.45, 2.75) is 13.3 Å². The van der Waals surface area contributed by atoms with Crippen molar-refractivity contribution in [3.05, 3.63) is 29.3 Å². The zero-order valence-corrected chi connectivity index (χ0v) is 9.06. The Hall–Kier alpha value is -0.940. The van der Waals surface area contributed by atoms with Crippen LogP contribution in [0.4, 0.5) is 0 Å². The summed E-state index contributed by atoms with van der Waals surface area (Å²) in [5.74, 6) is 6.18. The molecule has 0 saturated carbocycles. The molecule has 1 aromatic carbocycles. The van der Waals surface area contributed by atoms with Crippen molar-refractivity contribution in [2.75, 3.05) is 5.33 Å². The zero-order valence-electron chi connectivity index (χ0n) is 7.47. The van der Waals surface area contributed by atoms with Gasteiger partial charge in [-0.05, 0) is 18.6 Å². The fourth-order valence-electron chi connectivity index (χ4n) is 0.965. The molecule has 0 aliphatic carbocycles. The van der Waals surface area contributed by atoms with Crippen molar-refractivity contribution in [1.82, 2.24) is 0 Å². The highest BCUT2D eigenvalue weighted by atomic mass is 79.9. The number of rotatable bonds is 1. The minimum absolute atomic E-state index is 0.296. The average molecular weight is 239 g/mol. The Bertz CT molecular complexity index is 347. The lowest BCUT2D eigenvalue weighted by atomic mass is 10.1. The Morgan fingerprint density at radius 2 is 2.23 bits per heavy atom. The van der Waals surface area contributed by atoms with Crippen molar-refractivity contribution >= 4 is 15.9 Å². The Labute approximate surface area is 86.9 Å². The zero-order chi connectivity index (χ0) is 9.68. The molecule has 0 aliphatic heterocycles. The van der Waals surface area contributed by atoms with Crippen LogP contribution in [0.25, 0.3) is 0 Å². The van der Waals surface area contributed by atoms with Gasteiger partial charge in [-0.25, -0.2) is 0 Å². The van der Waals surface area contributed by atoms with Crippen molar-refractivity contribution in [3.8, 4) is 17.6 Å². The Morgan fingerprint density at radius 1 is 1.46 bits per heavy atom. The van der Waals surface area contributed by atoms with E-state index in [0.717, 1.165) is 17.3 Å². The van der Waals surface area contributed by atoms with Crippen LogP contribution in [0, 0.1) is 18.8 Å². The quantitative estimate of drug-likeness (QED) is 0.590. The number of alkyl halides is 1. The van der Waals surface area contributed by atoms with Crippen molar-refractivity contribution in [3.63, 3.8) is 0 Å². The van der Waals surface area contributed by atoms with E-state index >= 15 is 0 Å². The first kappa shape index (κ1) is 10.1. The molecule has 0 aromatic heterocycles. The maximum Gasteiger partial charge on any atom is 0.134 e. The van der Waals surface area contributed by atoms with Crippen molar-refractivity contribution < 1.29 is 5.11 Å². The lowest BCUT2D eigenvalue weighted by Crippen LogP contribution is -1.80. The molecule has 0 heterocycles. The molecule has 1 N–H and O–H groups in total. The maximum absolute atomic E-state index is 9.58. The second kappa shape index (κ2) is 4.94. The molecule has 0 saturated heterocycles. The molecule has 0 spiro atoms. The number of benzene rings is 1. The summed E-state index contributed by atoms with van der Waals surface area (Å²) in [5, 5.41) is 10.5. The highest BCUT2D eigenvalue weighted by molar-refractivity contribution is 9.09. The number of para-hydroxylation sites is 1. The third kappa shape index (κ3) is 2.78. The molecule has 0 unspecified atom stereocenters. The molecular weight excluding hydrogens is 228 g/mol. The van der Waals surface area contributed by atoms with Crippen molar-refractivity contribution in [1.29, 1.82) is 0 Å². The maximum atomic E-state index is 9.58. The minimum atomic E-state index is 0.296. The van der Waals surface area contributed by atoms with Crippen LogP contribution in [-0.4, -0.2) is 10.4 Å². The number of hydrogen-bond donors (Lipinski definition) is 1. The van der Waals surface area contributed by atoms with Crippen LogP contribution < -0.4 is 0 Å². The van der Waals surface area contributed by atoms with E-state index in [-0.39, 0.29) is 0 Å². The molecule has 0 amide bonds. The van der Waals surface area contributed by atoms with Gasteiger partial charge in [-0.15, -0.1) is 0 Å². The molecule has 1 aromatic rings. The lowest BCUT2D eigenvalue weighted by Gasteiger charge is -1.99. The topological polar surface area (TPSA) is 20.2 Å². The fourth-order valence-corrected chi connectivity index (χ4v) is 1.16. The first-order chi connectivity index (χ1) is 6.25. The van der Waals surface area contributed by atoms with E-state index in [1.165, 1.54) is 0 Å². The first-order valence-electron chi connectivity index (χ1n) is 4.09. The van der Waals surface area contributed by atoms with Gasteiger partial charge in [0.2, 0.25) is 0 Å². The molecule has 13 heavy (non-hydrogen) atoms. The van der Waals surface area contributed by atoms with Gasteiger partial charge in [-0.2, -0.15) is 0 Å². The van der Waals surface area contributed by atoms with Gasteiger partial charge < -0.3 is 5.11 Å². The van der Waals surface area contributed by atoms with Crippen LogP contribution >= 0.6 is 15.9 Å². The molecule has 1 nitrogen and oxygen atoms in total. The molecule has 2 heteroatoms. The monoisotopic (exact) mass is 238 g/mol. The van der Waals surface area contributed by atoms with Crippen LogP contribution in [0.5, 0.6) is 5.75 Å². The summed E-state index contributed by atoms with van der Waals surface area (Å²) in [6, 6.07) is 5.59. The molecular formula is C11H11BrO. The third-order valence-corrected chi connectivity index (χ3v) is 2.08. The summed E-state index contributed by atoms with van der Waals surface area (Å²) in [7, 11) is 0. The summed E-state index contributed by atoms with van der Waals surface area (Å²) >= 11 is 3.29. The number of phenols is 1. The Kier molecular flexibility index (Phi) is 3.85. The van der Waals surface area contributed by atoms with E-state index in [9.17, 15) is 5.11 Å². The SMILES string of the molecule is Cc1cccc(C#CCCBr)c1O. The summed E-state index contributed by atoms with van der Waals surface area (Å²) in [5.41, 5.74) is 1.58. The molecule has 0 fully saturated rings.